The number of benzene rings is 1. The minimum atomic E-state index is -0.449. The van der Waals surface area contributed by atoms with Gasteiger partial charge >= 0.3 is 5.97 Å². The molecule has 1 aromatic carbocycles. The van der Waals surface area contributed by atoms with Crippen LogP contribution in [0.5, 0.6) is 5.75 Å². The number of nitrogens with zero attached hydrogens (tertiary/aromatic N) is 3. The predicted octanol–water partition coefficient (Wildman–Crippen LogP) is 4.10. The zero-order chi connectivity index (χ0) is 21.2. The first-order valence-electron chi connectivity index (χ1n) is 9.73. The number of hydrogen-bond acceptors (Lipinski definition) is 7. The number of carbonyl (C=O) groups excluding carboxylic acids is 1. The topological polar surface area (TPSA) is 94.8 Å². The molecular formula is C21H27N3O5. The van der Waals surface area contributed by atoms with Crippen LogP contribution < -0.4 is 9.64 Å². The van der Waals surface area contributed by atoms with E-state index in [1.807, 2.05) is 19.9 Å². The second kappa shape index (κ2) is 11.0. The minimum Gasteiger partial charge on any atom is -0.493 e. The zero-order valence-corrected chi connectivity index (χ0v) is 17.0. The van der Waals surface area contributed by atoms with Gasteiger partial charge < -0.3 is 14.4 Å². The number of nitro groups is 1. The Morgan fingerprint density at radius 2 is 1.97 bits per heavy atom. The van der Waals surface area contributed by atoms with Crippen molar-refractivity contribution in [3.05, 3.63) is 58.3 Å². The van der Waals surface area contributed by atoms with Gasteiger partial charge in [0.15, 0.2) is 0 Å². The highest BCUT2D eigenvalue weighted by molar-refractivity contribution is 5.89. The lowest BCUT2D eigenvalue weighted by Gasteiger charge is -2.32. The van der Waals surface area contributed by atoms with E-state index in [1.165, 1.54) is 19.4 Å². The van der Waals surface area contributed by atoms with Gasteiger partial charge in [-0.2, -0.15) is 0 Å². The summed E-state index contributed by atoms with van der Waals surface area (Å²) in [7, 11) is 1.35. The van der Waals surface area contributed by atoms with Gasteiger partial charge in [-0.1, -0.05) is 19.9 Å². The lowest BCUT2D eigenvalue weighted by molar-refractivity contribution is -0.385. The molecule has 0 bridgehead atoms. The molecule has 0 N–H and O–H groups in total. The van der Waals surface area contributed by atoms with Crippen LogP contribution in [0.25, 0.3) is 0 Å². The average Bonchev–Trinajstić information content (AvgIpc) is 2.79. The lowest BCUT2D eigenvalue weighted by atomic mass is 9.98. The smallest absolute Gasteiger partial charge is 0.337 e. The van der Waals surface area contributed by atoms with Crippen molar-refractivity contribution in [2.75, 3.05) is 31.7 Å². The van der Waals surface area contributed by atoms with Gasteiger partial charge in [-0.15, -0.1) is 0 Å². The van der Waals surface area contributed by atoms with Gasteiger partial charge in [0.2, 0.25) is 0 Å². The highest BCUT2D eigenvalue weighted by atomic mass is 16.6. The Kier molecular flexibility index (Phi) is 8.39. The van der Waals surface area contributed by atoms with Crippen molar-refractivity contribution in [3.63, 3.8) is 0 Å². The van der Waals surface area contributed by atoms with Crippen LogP contribution in [-0.2, 0) is 4.74 Å². The standard InChI is InChI=1S/C19H21N3O5.C2H6/c1-26-19(23)15-3-2-4-17(11-15)27-13-14-7-9-21(10-8-14)18-6-5-16(12-20-18)22(24)25;1-2/h2-6,11-12,14H,7-10,13H2,1H3;1-2H3. The maximum Gasteiger partial charge on any atom is 0.337 e. The molecule has 8 heteroatoms. The van der Waals surface area contributed by atoms with Crippen molar-refractivity contribution in [1.82, 2.24) is 4.98 Å². The maximum atomic E-state index is 11.6. The number of anilines is 1. The molecule has 1 fully saturated rings. The van der Waals surface area contributed by atoms with Crippen molar-refractivity contribution in [2.45, 2.75) is 26.7 Å². The van der Waals surface area contributed by atoms with E-state index in [2.05, 4.69) is 9.88 Å². The Bertz CT molecular complexity index is 802. The van der Waals surface area contributed by atoms with E-state index in [9.17, 15) is 14.9 Å². The summed E-state index contributed by atoms with van der Waals surface area (Å²) in [5.41, 5.74) is 0.463. The van der Waals surface area contributed by atoms with E-state index in [0.29, 0.717) is 23.8 Å². The third-order valence-electron chi connectivity index (χ3n) is 4.62. The second-order valence-corrected chi connectivity index (χ2v) is 6.39. The van der Waals surface area contributed by atoms with Crippen LogP contribution in [0.3, 0.4) is 0 Å². The number of carbonyl (C=O) groups is 1. The number of aromatic nitrogens is 1. The first-order valence-corrected chi connectivity index (χ1v) is 9.73. The van der Waals surface area contributed by atoms with E-state index in [0.717, 1.165) is 31.7 Å². The van der Waals surface area contributed by atoms with E-state index in [1.54, 1.807) is 24.3 Å². The summed E-state index contributed by atoms with van der Waals surface area (Å²) in [4.78, 5) is 28.1. The molecular weight excluding hydrogens is 374 g/mol. The van der Waals surface area contributed by atoms with E-state index in [-0.39, 0.29) is 11.7 Å². The SMILES string of the molecule is CC.COC(=O)c1cccc(OCC2CCN(c3ccc([N+](=O)[O-])cn3)CC2)c1. The molecule has 0 amide bonds. The van der Waals surface area contributed by atoms with Gasteiger partial charge in [0.25, 0.3) is 5.69 Å². The number of pyridine rings is 1. The third kappa shape index (κ3) is 6.17. The summed E-state index contributed by atoms with van der Waals surface area (Å²) in [5, 5.41) is 10.7. The largest absolute Gasteiger partial charge is 0.493 e. The van der Waals surface area contributed by atoms with E-state index < -0.39 is 4.92 Å². The van der Waals surface area contributed by atoms with Crippen molar-refractivity contribution in [3.8, 4) is 5.75 Å². The molecule has 8 nitrogen and oxygen atoms in total. The van der Waals surface area contributed by atoms with Crippen molar-refractivity contribution in [2.24, 2.45) is 5.92 Å². The molecule has 1 aliphatic rings. The number of esters is 1. The van der Waals surface area contributed by atoms with E-state index in [4.69, 9.17) is 9.47 Å². The first-order chi connectivity index (χ1) is 14.1. The number of ether oxygens (including phenoxy) is 2. The van der Waals surface area contributed by atoms with Gasteiger partial charge in [0.05, 0.1) is 24.2 Å². The van der Waals surface area contributed by atoms with Gasteiger partial charge in [0.1, 0.15) is 17.8 Å². The van der Waals surface area contributed by atoms with Crippen LogP contribution >= 0.6 is 0 Å². The molecule has 0 unspecified atom stereocenters. The fraction of sp³-hybridized carbons (Fsp3) is 0.429. The number of piperidine rings is 1. The molecule has 0 atom stereocenters. The molecule has 2 aromatic rings. The van der Waals surface area contributed by atoms with Crippen LogP contribution in [0.4, 0.5) is 11.5 Å². The molecule has 3 rings (SSSR count). The molecule has 0 spiro atoms. The number of methoxy groups -OCH3 is 1. The van der Waals surface area contributed by atoms with Crippen LogP contribution in [0, 0.1) is 16.0 Å². The molecule has 1 aromatic heterocycles. The highest BCUT2D eigenvalue weighted by Gasteiger charge is 2.21. The molecule has 1 saturated heterocycles. The van der Waals surface area contributed by atoms with Gasteiger partial charge in [-0.3, -0.25) is 10.1 Å². The Labute approximate surface area is 170 Å². The van der Waals surface area contributed by atoms with Crippen molar-refractivity contribution >= 4 is 17.5 Å². The van der Waals surface area contributed by atoms with Gasteiger partial charge in [0, 0.05) is 19.2 Å². The second-order valence-electron chi connectivity index (χ2n) is 6.39. The highest BCUT2D eigenvalue weighted by Crippen LogP contribution is 2.24. The molecule has 29 heavy (non-hydrogen) atoms. The molecule has 0 aliphatic carbocycles. The third-order valence-corrected chi connectivity index (χ3v) is 4.62. The minimum absolute atomic E-state index is 0.00350. The quantitative estimate of drug-likeness (QED) is 0.408. The number of hydrogen-bond donors (Lipinski definition) is 0. The van der Waals surface area contributed by atoms with Crippen LogP contribution in [-0.4, -0.2) is 42.7 Å². The summed E-state index contributed by atoms with van der Waals surface area (Å²) >= 11 is 0. The summed E-state index contributed by atoms with van der Waals surface area (Å²) in [6.07, 6.45) is 3.17. The lowest BCUT2D eigenvalue weighted by Crippen LogP contribution is -2.36. The Balaban J connectivity index is 0.00000145. The van der Waals surface area contributed by atoms with Crippen LogP contribution in [0.15, 0.2) is 42.6 Å². The summed E-state index contributed by atoms with van der Waals surface area (Å²) < 4.78 is 10.6. The van der Waals surface area contributed by atoms with Crippen molar-refractivity contribution in [1.29, 1.82) is 0 Å². The van der Waals surface area contributed by atoms with Crippen LogP contribution in [0.1, 0.15) is 37.0 Å². The van der Waals surface area contributed by atoms with Crippen LogP contribution in [0.2, 0.25) is 0 Å². The number of rotatable bonds is 6. The molecule has 0 radical (unpaired) electrons. The summed E-state index contributed by atoms with van der Waals surface area (Å²) in [5.74, 6) is 1.42. The summed E-state index contributed by atoms with van der Waals surface area (Å²) in [6, 6.07) is 10.1. The Hall–Kier alpha value is -3.16. The Morgan fingerprint density at radius 3 is 2.55 bits per heavy atom. The first kappa shape index (κ1) is 22.1. The monoisotopic (exact) mass is 401 g/mol. The molecule has 156 valence electrons. The van der Waals surface area contributed by atoms with Crippen molar-refractivity contribution < 1.29 is 19.2 Å². The zero-order valence-electron chi connectivity index (χ0n) is 17.0. The van der Waals surface area contributed by atoms with Gasteiger partial charge in [-0.25, -0.2) is 9.78 Å². The average molecular weight is 401 g/mol. The Morgan fingerprint density at radius 1 is 1.24 bits per heavy atom. The predicted molar refractivity (Wildman–Crippen MR) is 110 cm³/mol. The normalized spacial score (nSPS) is 13.8. The van der Waals surface area contributed by atoms with Gasteiger partial charge in [-0.05, 0) is 43.0 Å². The molecule has 0 saturated carbocycles. The fourth-order valence-electron chi connectivity index (χ4n) is 3.05. The van der Waals surface area contributed by atoms with E-state index >= 15 is 0 Å². The maximum absolute atomic E-state index is 11.6. The summed E-state index contributed by atoms with van der Waals surface area (Å²) in [6.45, 7) is 6.22. The molecule has 1 aliphatic heterocycles. The molecule has 2 heterocycles. The fourth-order valence-corrected chi connectivity index (χ4v) is 3.05.